The molecule has 0 unspecified atom stereocenters. The molecule has 0 spiro atoms. The number of methoxy groups -OCH3 is 1. The number of rotatable bonds is 14. The molecule has 3 rings (SSSR count). The number of benzene rings is 2. The molecule has 3 atom stereocenters. The van der Waals surface area contributed by atoms with E-state index in [0.29, 0.717) is 23.2 Å². The van der Waals surface area contributed by atoms with E-state index in [2.05, 4.69) is 65.8 Å². The predicted octanol–water partition coefficient (Wildman–Crippen LogP) is 7.86. The Balaban J connectivity index is 1.83. The second-order valence-electron chi connectivity index (χ2n) is 12.1. The molecule has 1 amide bonds. The van der Waals surface area contributed by atoms with E-state index < -0.39 is 20.5 Å². The minimum Gasteiger partial charge on any atom is -0.445 e. The van der Waals surface area contributed by atoms with Crippen LogP contribution in [-0.4, -0.2) is 69.2 Å². The van der Waals surface area contributed by atoms with Gasteiger partial charge in [0.1, 0.15) is 6.61 Å². The zero-order valence-corrected chi connectivity index (χ0v) is 27.9. The van der Waals surface area contributed by atoms with Gasteiger partial charge in [0.2, 0.25) is 8.32 Å². The Hall–Kier alpha value is -1.84. The summed E-state index contributed by atoms with van der Waals surface area (Å²) < 4.78 is 18.1. The van der Waals surface area contributed by atoms with Crippen LogP contribution in [0.5, 0.6) is 0 Å². The van der Waals surface area contributed by atoms with Gasteiger partial charge in [-0.2, -0.15) is 0 Å². The summed E-state index contributed by atoms with van der Waals surface area (Å²) in [6.45, 7) is 15.2. The molecule has 2 aromatic carbocycles. The average molecular weight is 602 g/mol. The number of likely N-dealkylation sites (tertiary alicyclic amines) is 1. The van der Waals surface area contributed by atoms with Crippen LogP contribution in [0, 0.1) is 0 Å². The summed E-state index contributed by atoms with van der Waals surface area (Å²) >= 11 is 1.85. The van der Waals surface area contributed by atoms with Crippen LogP contribution in [-0.2, 0) is 20.5 Å². The molecule has 1 aliphatic rings. The van der Waals surface area contributed by atoms with Crippen LogP contribution in [0.2, 0.25) is 16.6 Å². The number of amides is 1. The van der Waals surface area contributed by atoms with Crippen LogP contribution < -0.4 is 0 Å². The molecule has 0 bridgehead atoms. The van der Waals surface area contributed by atoms with Gasteiger partial charge in [-0.3, -0.25) is 0 Å². The van der Waals surface area contributed by atoms with Crippen molar-refractivity contribution in [2.75, 3.05) is 32.6 Å². The van der Waals surface area contributed by atoms with Gasteiger partial charge in [-0.15, -0.1) is 11.8 Å². The maximum atomic E-state index is 13.2. The molecule has 0 radical (unpaired) electrons. The largest absolute Gasteiger partial charge is 0.445 e. The third-order valence-corrected chi connectivity index (χ3v) is 15.6. The number of β-amino-alcohol motifs (C(OH)–C–C–N with tert-alkyl or cyclic N) is 1. The van der Waals surface area contributed by atoms with Crippen molar-refractivity contribution >= 4 is 26.2 Å². The molecule has 6 nitrogen and oxygen atoms in total. The van der Waals surface area contributed by atoms with Crippen molar-refractivity contribution in [2.24, 2.45) is 0 Å². The normalized spacial score (nSPS) is 19.8. The van der Waals surface area contributed by atoms with E-state index in [4.69, 9.17) is 13.9 Å². The van der Waals surface area contributed by atoms with Gasteiger partial charge in [-0.25, -0.2) is 4.79 Å². The van der Waals surface area contributed by atoms with Gasteiger partial charge in [0.25, 0.3) is 0 Å². The number of aliphatic hydroxyl groups excluding tert-OH is 1. The lowest BCUT2D eigenvalue weighted by atomic mass is 9.85. The molecule has 2 aromatic rings. The highest BCUT2D eigenvalue weighted by Crippen LogP contribution is 2.45. The predicted molar refractivity (Wildman–Crippen MR) is 171 cm³/mol. The highest BCUT2D eigenvalue weighted by atomic mass is 32.2. The van der Waals surface area contributed by atoms with Crippen molar-refractivity contribution in [3.05, 3.63) is 65.7 Å². The quantitative estimate of drug-likeness (QED) is 0.135. The standard InChI is InChI=1S/C33H51NO5SSi/c1-24(2)41(25(3)4,26(5)6)39-31-22-34(33(36)38-23-27-13-9-8-10-14-27)21-30(35)32(31)28-15-17-29(18-16-28)40-20-12-11-19-37-7/h8-10,13-18,24-26,30-32,35H,11-12,19-23H2,1-7H3/t30-,31+,32+/m0/s1. The number of hydrogen-bond donors (Lipinski definition) is 1. The van der Waals surface area contributed by atoms with Crippen molar-refractivity contribution < 1.29 is 23.8 Å². The first-order valence-electron chi connectivity index (χ1n) is 15.1. The fourth-order valence-corrected chi connectivity index (χ4v) is 13.0. The van der Waals surface area contributed by atoms with Crippen molar-refractivity contribution in [3.63, 3.8) is 0 Å². The van der Waals surface area contributed by atoms with E-state index in [9.17, 15) is 9.90 Å². The Morgan fingerprint density at radius 1 is 0.951 bits per heavy atom. The number of ether oxygens (including phenoxy) is 2. The van der Waals surface area contributed by atoms with E-state index in [-0.39, 0.29) is 25.2 Å². The third kappa shape index (κ3) is 8.83. The third-order valence-electron chi connectivity index (χ3n) is 8.43. The molecule has 1 heterocycles. The Bertz CT molecular complexity index is 1030. The second kappa shape index (κ2) is 16.1. The number of thioether (sulfide) groups is 1. The van der Waals surface area contributed by atoms with E-state index in [0.717, 1.165) is 36.3 Å². The maximum Gasteiger partial charge on any atom is 0.410 e. The summed E-state index contributed by atoms with van der Waals surface area (Å²) in [4.78, 5) is 16.1. The first-order chi connectivity index (χ1) is 19.6. The summed E-state index contributed by atoms with van der Waals surface area (Å²) in [7, 11) is -0.557. The zero-order valence-electron chi connectivity index (χ0n) is 26.0. The molecular formula is C33H51NO5SSi. The van der Waals surface area contributed by atoms with E-state index in [1.807, 2.05) is 42.1 Å². The summed E-state index contributed by atoms with van der Waals surface area (Å²) in [6, 6.07) is 18.3. The number of hydrogen-bond acceptors (Lipinski definition) is 6. The molecule has 8 heteroatoms. The minimum absolute atomic E-state index is 0.203. The summed E-state index contributed by atoms with van der Waals surface area (Å²) in [5.41, 5.74) is 3.15. The van der Waals surface area contributed by atoms with Crippen LogP contribution in [0.15, 0.2) is 59.5 Å². The number of unbranched alkanes of at least 4 members (excludes halogenated alkanes) is 1. The van der Waals surface area contributed by atoms with Crippen LogP contribution >= 0.6 is 11.8 Å². The molecule has 1 N–H and O–H groups in total. The first-order valence-corrected chi connectivity index (χ1v) is 18.3. The number of piperidine rings is 1. The van der Waals surface area contributed by atoms with Crippen LogP contribution in [0.3, 0.4) is 0 Å². The van der Waals surface area contributed by atoms with Crippen molar-refractivity contribution in [3.8, 4) is 0 Å². The fourth-order valence-electron chi connectivity index (χ4n) is 6.49. The molecule has 0 saturated carbocycles. The van der Waals surface area contributed by atoms with Gasteiger partial charge < -0.3 is 23.9 Å². The summed E-state index contributed by atoms with van der Waals surface area (Å²) in [5.74, 6) is 0.823. The van der Waals surface area contributed by atoms with Crippen molar-refractivity contribution in [2.45, 2.75) is 101 Å². The Morgan fingerprint density at radius 3 is 2.17 bits per heavy atom. The Kier molecular flexibility index (Phi) is 13.2. The van der Waals surface area contributed by atoms with Gasteiger partial charge >= 0.3 is 6.09 Å². The lowest BCUT2D eigenvalue weighted by Gasteiger charge is -2.49. The van der Waals surface area contributed by atoms with Gasteiger partial charge in [-0.1, -0.05) is 84.0 Å². The van der Waals surface area contributed by atoms with E-state index in [1.165, 1.54) is 4.90 Å². The number of carbonyl (C=O) groups is 1. The average Bonchev–Trinajstić information content (AvgIpc) is 2.94. The van der Waals surface area contributed by atoms with Crippen LogP contribution in [0.1, 0.15) is 71.4 Å². The van der Waals surface area contributed by atoms with E-state index in [1.54, 1.807) is 12.0 Å². The highest BCUT2D eigenvalue weighted by molar-refractivity contribution is 7.99. The Labute approximate surface area is 253 Å². The molecular weight excluding hydrogens is 551 g/mol. The first kappa shape index (κ1) is 33.7. The van der Waals surface area contributed by atoms with Gasteiger partial charge in [-0.05, 0) is 58.5 Å². The fraction of sp³-hybridized carbons (Fsp3) is 0.606. The smallest absolute Gasteiger partial charge is 0.410 e. The van der Waals surface area contributed by atoms with Crippen LogP contribution in [0.25, 0.3) is 0 Å². The number of aliphatic hydroxyl groups is 1. The molecule has 1 saturated heterocycles. The topological polar surface area (TPSA) is 68.2 Å². The monoisotopic (exact) mass is 601 g/mol. The number of carbonyl (C=O) groups excluding carboxylic acids is 1. The molecule has 228 valence electrons. The maximum absolute atomic E-state index is 13.2. The van der Waals surface area contributed by atoms with Crippen molar-refractivity contribution in [1.82, 2.24) is 4.90 Å². The zero-order chi connectivity index (χ0) is 30.0. The van der Waals surface area contributed by atoms with Crippen LogP contribution in [0.4, 0.5) is 4.79 Å². The SMILES string of the molecule is COCCCCSc1ccc([C@@H]2[C@@H](O)CN(C(=O)OCc3ccccc3)C[C@H]2O[Si](C(C)C)(C(C)C)C(C)C)cc1. The molecule has 1 aliphatic heterocycles. The molecule has 41 heavy (non-hydrogen) atoms. The van der Waals surface area contributed by atoms with E-state index >= 15 is 0 Å². The van der Waals surface area contributed by atoms with Crippen molar-refractivity contribution in [1.29, 1.82) is 0 Å². The summed E-state index contributed by atoms with van der Waals surface area (Å²) in [6.07, 6.45) is 0.677. The lowest BCUT2D eigenvalue weighted by molar-refractivity contribution is -0.0255. The lowest BCUT2D eigenvalue weighted by Crippen LogP contribution is -2.59. The highest BCUT2D eigenvalue weighted by Gasteiger charge is 2.50. The van der Waals surface area contributed by atoms with Gasteiger partial charge in [0.05, 0.1) is 18.8 Å². The van der Waals surface area contributed by atoms with Gasteiger partial charge in [0.15, 0.2) is 0 Å². The van der Waals surface area contributed by atoms with Gasteiger partial charge in [0, 0.05) is 31.1 Å². The summed E-state index contributed by atoms with van der Waals surface area (Å²) in [5, 5.41) is 11.6. The minimum atomic E-state index is -2.30. The molecule has 0 aliphatic carbocycles. The Morgan fingerprint density at radius 2 is 1.59 bits per heavy atom. The second-order valence-corrected chi connectivity index (χ2v) is 18.7. The number of nitrogens with zero attached hydrogens (tertiary/aromatic N) is 1. The molecule has 0 aromatic heterocycles. The molecule has 1 fully saturated rings.